The highest BCUT2D eigenvalue weighted by atomic mass is 15.3. The van der Waals surface area contributed by atoms with Gasteiger partial charge in [0.05, 0.1) is 5.69 Å². The molecule has 1 saturated heterocycles. The third-order valence-corrected chi connectivity index (χ3v) is 3.49. The van der Waals surface area contributed by atoms with Gasteiger partial charge >= 0.3 is 0 Å². The lowest BCUT2D eigenvalue weighted by Gasteiger charge is -2.27. The summed E-state index contributed by atoms with van der Waals surface area (Å²) in [4.78, 5) is 2.47. The van der Waals surface area contributed by atoms with Crippen LogP contribution in [-0.4, -0.2) is 53.9 Å². The summed E-state index contributed by atoms with van der Waals surface area (Å²) in [5.41, 5.74) is 1.44. The fraction of sp³-hybridized carbons (Fsp3) is 0.692. The lowest BCUT2D eigenvalue weighted by atomic mass is 10.2. The highest BCUT2D eigenvalue weighted by Gasteiger charge is 2.12. The molecule has 0 amide bonds. The van der Waals surface area contributed by atoms with Gasteiger partial charge in [0.15, 0.2) is 0 Å². The van der Waals surface area contributed by atoms with Gasteiger partial charge in [-0.3, -0.25) is 4.68 Å². The summed E-state index contributed by atoms with van der Waals surface area (Å²) in [6, 6.07) is 2.21. The van der Waals surface area contributed by atoms with Crippen LogP contribution in [0, 0.1) is 18.3 Å². The number of nitrogens with zero attached hydrogens (tertiary/aromatic N) is 4. The van der Waals surface area contributed by atoms with Crippen molar-refractivity contribution < 1.29 is 0 Å². The van der Waals surface area contributed by atoms with E-state index in [0.29, 0.717) is 5.56 Å². The van der Waals surface area contributed by atoms with Gasteiger partial charge in [-0.2, -0.15) is 10.4 Å². The van der Waals surface area contributed by atoms with Gasteiger partial charge in [0, 0.05) is 39.8 Å². The Bertz CT molecular complexity index is 452. The maximum absolute atomic E-state index is 9.11. The summed E-state index contributed by atoms with van der Waals surface area (Å²) in [5.74, 6) is 0.834. The van der Waals surface area contributed by atoms with E-state index in [9.17, 15) is 0 Å². The Morgan fingerprint density at radius 1 is 1.42 bits per heavy atom. The Morgan fingerprint density at radius 3 is 2.84 bits per heavy atom. The quantitative estimate of drug-likeness (QED) is 0.747. The van der Waals surface area contributed by atoms with Gasteiger partial charge in [0.25, 0.3) is 0 Å². The van der Waals surface area contributed by atoms with Crippen LogP contribution in [-0.2, 0) is 7.05 Å². The van der Waals surface area contributed by atoms with Crippen molar-refractivity contribution in [2.24, 2.45) is 7.05 Å². The third kappa shape index (κ3) is 3.46. The van der Waals surface area contributed by atoms with Gasteiger partial charge in [0.1, 0.15) is 17.5 Å². The number of rotatable bonds is 5. The first-order chi connectivity index (χ1) is 9.22. The Balaban J connectivity index is 1.78. The number of nitriles is 1. The second-order valence-electron chi connectivity index (χ2n) is 4.92. The molecule has 0 aromatic carbocycles. The average Bonchev–Trinajstić information content (AvgIpc) is 2.70. The SMILES string of the molecule is Cc1nn(C)c(NCCCN2CCNCC2)c1C#N. The molecule has 1 fully saturated rings. The van der Waals surface area contributed by atoms with Crippen LogP contribution in [0.2, 0.25) is 0 Å². The molecule has 2 N–H and O–H groups in total. The molecule has 0 atom stereocenters. The molecule has 2 rings (SSSR count). The lowest BCUT2D eigenvalue weighted by molar-refractivity contribution is 0.240. The number of aryl methyl sites for hydroxylation is 2. The maximum atomic E-state index is 9.11. The first-order valence-corrected chi connectivity index (χ1v) is 6.83. The van der Waals surface area contributed by atoms with Crippen molar-refractivity contribution in [3.8, 4) is 6.07 Å². The summed E-state index contributed by atoms with van der Waals surface area (Å²) >= 11 is 0. The summed E-state index contributed by atoms with van der Waals surface area (Å²) in [7, 11) is 1.87. The summed E-state index contributed by atoms with van der Waals surface area (Å²) in [6.45, 7) is 8.29. The first kappa shape index (κ1) is 13.8. The van der Waals surface area contributed by atoms with Crippen LogP contribution in [0.4, 0.5) is 5.82 Å². The normalized spacial score (nSPS) is 16.3. The molecule has 0 saturated carbocycles. The monoisotopic (exact) mass is 262 g/mol. The maximum Gasteiger partial charge on any atom is 0.142 e. The van der Waals surface area contributed by atoms with Gasteiger partial charge in [-0.1, -0.05) is 0 Å². The van der Waals surface area contributed by atoms with E-state index in [1.807, 2.05) is 14.0 Å². The van der Waals surface area contributed by atoms with Gasteiger partial charge in [-0.15, -0.1) is 0 Å². The number of piperazine rings is 1. The zero-order valence-electron chi connectivity index (χ0n) is 11.7. The number of aromatic nitrogens is 2. The highest BCUT2D eigenvalue weighted by molar-refractivity contribution is 5.54. The predicted molar refractivity (Wildman–Crippen MR) is 75.1 cm³/mol. The van der Waals surface area contributed by atoms with Crippen molar-refractivity contribution in [1.82, 2.24) is 20.0 Å². The Morgan fingerprint density at radius 2 is 2.16 bits per heavy atom. The van der Waals surface area contributed by atoms with Crippen LogP contribution in [0.5, 0.6) is 0 Å². The predicted octanol–water partition coefficient (Wildman–Crippen LogP) is 0.307. The Hall–Kier alpha value is -1.58. The Kier molecular flexibility index (Phi) is 4.77. The van der Waals surface area contributed by atoms with Crippen LogP contribution in [0.25, 0.3) is 0 Å². The molecule has 0 bridgehead atoms. The minimum atomic E-state index is 0.657. The van der Waals surface area contributed by atoms with Crippen LogP contribution in [0.15, 0.2) is 0 Å². The molecule has 6 nitrogen and oxygen atoms in total. The van der Waals surface area contributed by atoms with E-state index < -0.39 is 0 Å². The van der Waals surface area contributed by atoms with Crippen molar-refractivity contribution in [3.05, 3.63) is 11.3 Å². The molecule has 19 heavy (non-hydrogen) atoms. The van der Waals surface area contributed by atoms with Crippen molar-refractivity contribution in [2.75, 3.05) is 44.6 Å². The van der Waals surface area contributed by atoms with E-state index in [1.54, 1.807) is 4.68 Å². The fourth-order valence-electron chi connectivity index (χ4n) is 2.44. The van der Waals surface area contributed by atoms with Crippen LogP contribution in [0.1, 0.15) is 17.7 Å². The topological polar surface area (TPSA) is 68.9 Å². The third-order valence-electron chi connectivity index (χ3n) is 3.49. The zero-order valence-corrected chi connectivity index (χ0v) is 11.7. The van der Waals surface area contributed by atoms with Gasteiger partial charge < -0.3 is 15.5 Å². The Labute approximate surface area is 114 Å². The molecule has 104 valence electrons. The smallest absolute Gasteiger partial charge is 0.142 e. The standard InChI is InChI=1S/C13H22N6/c1-11-12(10-14)13(18(2)17-11)16-4-3-7-19-8-5-15-6-9-19/h15-16H,3-9H2,1-2H3. The van der Waals surface area contributed by atoms with E-state index in [1.165, 1.54) is 0 Å². The van der Waals surface area contributed by atoms with Gasteiger partial charge in [0.2, 0.25) is 0 Å². The summed E-state index contributed by atoms with van der Waals surface area (Å²) in [5, 5.41) is 20.1. The van der Waals surface area contributed by atoms with E-state index >= 15 is 0 Å². The molecule has 0 unspecified atom stereocenters. The zero-order chi connectivity index (χ0) is 13.7. The van der Waals surface area contributed by atoms with Gasteiger partial charge in [-0.05, 0) is 19.9 Å². The first-order valence-electron chi connectivity index (χ1n) is 6.83. The largest absolute Gasteiger partial charge is 0.369 e. The van der Waals surface area contributed by atoms with Gasteiger partial charge in [-0.25, -0.2) is 0 Å². The van der Waals surface area contributed by atoms with E-state index in [2.05, 4.69) is 26.7 Å². The molecule has 6 heteroatoms. The van der Waals surface area contributed by atoms with Crippen molar-refractivity contribution >= 4 is 5.82 Å². The molecule has 0 spiro atoms. The molecule has 0 radical (unpaired) electrons. The molecule has 1 aliphatic heterocycles. The molecular formula is C13H22N6. The fourth-order valence-corrected chi connectivity index (χ4v) is 2.44. The van der Waals surface area contributed by atoms with E-state index in [-0.39, 0.29) is 0 Å². The molecule has 1 aliphatic rings. The minimum absolute atomic E-state index is 0.657. The molecular weight excluding hydrogens is 240 g/mol. The minimum Gasteiger partial charge on any atom is -0.369 e. The number of anilines is 1. The number of hydrogen-bond donors (Lipinski definition) is 2. The number of nitrogens with one attached hydrogen (secondary N) is 2. The number of hydrogen-bond acceptors (Lipinski definition) is 5. The average molecular weight is 262 g/mol. The van der Waals surface area contributed by atoms with Crippen molar-refractivity contribution in [3.63, 3.8) is 0 Å². The summed E-state index contributed by atoms with van der Waals surface area (Å²) < 4.78 is 1.75. The van der Waals surface area contributed by atoms with Crippen LogP contribution in [0.3, 0.4) is 0 Å². The summed E-state index contributed by atoms with van der Waals surface area (Å²) in [6.07, 6.45) is 1.08. The molecule has 1 aromatic rings. The molecule has 1 aromatic heterocycles. The highest BCUT2D eigenvalue weighted by Crippen LogP contribution is 2.16. The second-order valence-corrected chi connectivity index (χ2v) is 4.92. The lowest BCUT2D eigenvalue weighted by Crippen LogP contribution is -2.44. The molecule has 2 heterocycles. The van der Waals surface area contributed by atoms with E-state index in [4.69, 9.17) is 5.26 Å². The van der Waals surface area contributed by atoms with Crippen molar-refractivity contribution in [2.45, 2.75) is 13.3 Å². The van der Waals surface area contributed by atoms with Crippen LogP contribution >= 0.6 is 0 Å². The van der Waals surface area contributed by atoms with Crippen LogP contribution < -0.4 is 10.6 Å². The van der Waals surface area contributed by atoms with E-state index in [0.717, 1.165) is 57.2 Å². The molecule has 0 aliphatic carbocycles. The second kappa shape index (κ2) is 6.55. The van der Waals surface area contributed by atoms with Crippen molar-refractivity contribution in [1.29, 1.82) is 5.26 Å².